The van der Waals surface area contributed by atoms with E-state index in [2.05, 4.69) is 4.98 Å². The van der Waals surface area contributed by atoms with Gasteiger partial charge in [-0.2, -0.15) is 0 Å². The van der Waals surface area contributed by atoms with Gasteiger partial charge < -0.3 is 9.47 Å². The van der Waals surface area contributed by atoms with Crippen molar-refractivity contribution in [2.45, 2.75) is 12.8 Å². The fourth-order valence-electron chi connectivity index (χ4n) is 1.09. The molecule has 3 nitrogen and oxygen atoms in total. The van der Waals surface area contributed by atoms with Gasteiger partial charge in [-0.05, 0) is 24.8 Å². The molecule has 0 bridgehead atoms. The predicted octanol–water partition coefficient (Wildman–Crippen LogP) is 1.88. The lowest BCUT2D eigenvalue weighted by atomic mass is 10.4. The van der Waals surface area contributed by atoms with Crippen molar-refractivity contribution in [2.24, 2.45) is 5.92 Å². The van der Waals surface area contributed by atoms with E-state index in [1.165, 1.54) is 12.8 Å². The van der Waals surface area contributed by atoms with E-state index >= 15 is 0 Å². The number of rotatable bonds is 4. The molecule has 0 unspecified atom stereocenters. The summed E-state index contributed by atoms with van der Waals surface area (Å²) in [6, 6.07) is 3.66. The first-order valence-corrected chi connectivity index (χ1v) is 4.51. The van der Waals surface area contributed by atoms with Gasteiger partial charge in [-0.3, -0.25) is 0 Å². The Labute approximate surface area is 77.7 Å². The molecule has 1 fully saturated rings. The van der Waals surface area contributed by atoms with Gasteiger partial charge in [0.25, 0.3) is 0 Å². The van der Waals surface area contributed by atoms with Crippen molar-refractivity contribution in [3.8, 4) is 11.6 Å². The summed E-state index contributed by atoms with van der Waals surface area (Å²) in [5.74, 6) is 2.23. The Kier molecular flexibility index (Phi) is 2.34. The number of hydrogen-bond donors (Lipinski definition) is 0. The minimum Gasteiger partial charge on any atom is -0.493 e. The van der Waals surface area contributed by atoms with Gasteiger partial charge in [0.1, 0.15) is 5.75 Å². The number of hydrogen-bond acceptors (Lipinski definition) is 3. The van der Waals surface area contributed by atoms with Crippen molar-refractivity contribution >= 4 is 0 Å². The molecule has 1 aromatic heterocycles. The first-order chi connectivity index (χ1) is 6.38. The topological polar surface area (TPSA) is 31.4 Å². The highest BCUT2D eigenvalue weighted by molar-refractivity contribution is 5.26. The van der Waals surface area contributed by atoms with E-state index in [9.17, 15) is 0 Å². The SMILES string of the molecule is COc1cc(OCC2CC2)ccn1. The van der Waals surface area contributed by atoms with Crippen molar-refractivity contribution in [3.05, 3.63) is 18.3 Å². The molecule has 3 heteroatoms. The summed E-state index contributed by atoms with van der Waals surface area (Å²) >= 11 is 0. The first kappa shape index (κ1) is 8.35. The number of methoxy groups -OCH3 is 1. The smallest absolute Gasteiger partial charge is 0.216 e. The van der Waals surface area contributed by atoms with Crippen LogP contribution in [-0.2, 0) is 0 Å². The fraction of sp³-hybridized carbons (Fsp3) is 0.500. The van der Waals surface area contributed by atoms with Crippen LogP contribution < -0.4 is 9.47 Å². The van der Waals surface area contributed by atoms with Crippen molar-refractivity contribution in [2.75, 3.05) is 13.7 Å². The monoisotopic (exact) mass is 179 g/mol. The fourth-order valence-corrected chi connectivity index (χ4v) is 1.09. The van der Waals surface area contributed by atoms with E-state index in [-0.39, 0.29) is 0 Å². The van der Waals surface area contributed by atoms with Crippen LogP contribution in [0.2, 0.25) is 0 Å². The molecule has 70 valence electrons. The second-order valence-electron chi connectivity index (χ2n) is 3.29. The normalized spacial score (nSPS) is 15.5. The Bertz CT molecular complexity index is 284. The molecule has 0 spiro atoms. The molecule has 0 aliphatic heterocycles. The van der Waals surface area contributed by atoms with E-state index in [0.717, 1.165) is 18.3 Å². The van der Waals surface area contributed by atoms with E-state index in [1.807, 2.05) is 12.1 Å². The minimum atomic E-state index is 0.605. The number of nitrogens with zero attached hydrogens (tertiary/aromatic N) is 1. The van der Waals surface area contributed by atoms with Gasteiger partial charge in [0, 0.05) is 12.3 Å². The second-order valence-corrected chi connectivity index (χ2v) is 3.29. The molecule has 1 saturated carbocycles. The molecule has 0 aromatic carbocycles. The summed E-state index contributed by atoms with van der Waals surface area (Å²) in [7, 11) is 1.60. The summed E-state index contributed by atoms with van der Waals surface area (Å²) < 4.78 is 10.5. The maximum absolute atomic E-state index is 5.55. The van der Waals surface area contributed by atoms with E-state index < -0.39 is 0 Å². The lowest BCUT2D eigenvalue weighted by Crippen LogP contribution is -1.99. The molecule has 1 aliphatic carbocycles. The third-order valence-corrected chi connectivity index (χ3v) is 2.10. The van der Waals surface area contributed by atoms with Crippen LogP contribution in [0.4, 0.5) is 0 Å². The third kappa shape index (κ3) is 2.34. The van der Waals surface area contributed by atoms with Crippen LogP contribution in [0, 0.1) is 5.92 Å². The van der Waals surface area contributed by atoms with Crippen molar-refractivity contribution in [3.63, 3.8) is 0 Å². The van der Waals surface area contributed by atoms with E-state index in [4.69, 9.17) is 9.47 Å². The van der Waals surface area contributed by atoms with Gasteiger partial charge in [-0.1, -0.05) is 0 Å². The zero-order chi connectivity index (χ0) is 9.10. The lowest BCUT2D eigenvalue weighted by Gasteiger charge is -2.05. The van der Waals surface area contributed by atoms with Crippen molar-refractivity contribution < 1.29 is 9.47 Å². The maximum Gasteiger partial charge on any atom is 0.216 e. The summed E-state index contributed by atoms with van der Waals surface area (Å²) in [6.45, 7) is 0.827. The number of aromatic nitrogens is 1. The molecular formula is C10H13NO2. The van der Waals surface area contributed by atoms with Gasteiger partial charge in [0.2, 0.25) is 5.88 Å². The van der Waals surface area contributed by atoms with Crippen LogP contribution >= 0.6 is 0 Å². The number of ether oxygens (including phenoxy) is 2. The molecule has 2 rings (SSSR count). The molecule has 1 aliphatic rings. The Morgan fingerprint density at radius 2 is 2.38 bits per heavy atom. The summed E-state index contributed by atoms with van der Waals surface area (Å²) in [5, 5.41) is 0. The zero-order valence-electron chi connectivity index (χ0n) is 7.69. The molecule has 1 heterocycles. The molecule has 0 amide bonds. The van der Waals surface area contributed by atoms with Crippen LogP contribution in [0.25, 0.3) is 0 Å². The molecule has 0 N–H and O–H groups in total. The van der Waals surface area contributed by atoms with Gasteiger partial charge in [-0.25, -0.2) is 4.98 Å². The minimum absolute atomic E-state index is 0.605. The molecule has 0 radical (unpaired) electrons. The highest BCUT2D eigenvalue weighted by atomic mass is 16.5. The Balaban J connectivity index is 1.93. The highest BCUT2D eigenvalue weighted by Crippen LogP contribution is 2.29. The van der Waals surface area contributed by atoms with Crippen LogP contribution in [0.5, 0.6) is 11.6 Å². The second kappa shape index (κ2) is 3.64. The average Bonchev–Trinajstić information content (AvgIpc) is 2.99. The van der Waals surface area contributed by atoms with Crippen LogP contribution in [0.3, 0.4) is 0 Å². The molecule has 13 heavy (non-hydrogen) atoms. The van der Waals surface area contributed by atoms with Gasteiger partial charge in [-0.15, -0.1) is 0 Å². The molecule has 1 aromatic rings. The summed E-state index contributed by atoms with van der Waals surface area (Å²) in [4.78, 5) is 4.00. The standard InChI is InChI=1S/C10H13NO2/c1-12-10-6-9(4-5-11-10)13-7-8-2-3-8/h4-6,8H,2-3,7H2,1H3. The highest BCUT2D eigenvalue weighted by Gasteiger charge is 2.21. The van der Waals surface area contributed by atoms with Crippen LogP contribution in [0.15, 0.2) is 18.3 Å². The predicted molar refractivity (Wildman–Crippen MR) is 49.0 cm³/mol. The van der Waals surface area contributed by atoms with Crippen molar-refractivity contribution in [1.82, 2.24) is 4.98 Å². The average molecular weight is 179 g/mol. The third-order valence-electron chi connectivity index (χ3n) is 2.10. The Morgan fingerprint density at radius 3 is 3.08 bits per heavy atom. The number of pyridine rings is 1. The molecule has 0 saturated heterocycles. The molecule has 0 atom stereocenters. The van der Waals surface area contributed by atoms with Crippen molar-refractivity contribution in [1.29, 1.82) is 0 Å². The van der Waals surface area contributed by atoms with Gasteiger partial charge >= 0.3 is 0 Å². The Morgan fingerprint density at radius 1 is 1.54 bits per heavy atom. The lowest BCUT2D eigenvalue weighted by molar-refractivity contribution is 0.296. The largest absolute Gasteiger partial charge is 0.493 e. The van der Waals surface area contributed by atoms with Crippen LogP contribution in [0.1, 0.15) is 12.8 Å². The zero-order valence-corrected chi connectivity index (χ0v) is 7.69. The Hall–Kier alpha value is -1.25. The van der Waals surface area contributed by atoms with Crippen LogP contribution in [-0.4, -0.2) is 18.7 Å². The first-order valence-electron chi connectivity index (χ1n) is 4.51. The van der Waals surface area contributed by atoms with Gasteiger partial charge in [0.15, 0.2) is 0 Å². The summed E-state index contributed by atoms with van der Waals surface area (Å²) in [6.07, 6.45) is 4.31. The van der Waals surface area contributed by atoms with E-state index in [1.54, 1.807) is 13.3 Å². The van der Waals surface area contributed by atoms with Gasteiger partial charge in [0.05, 0.1) is 13.7 Å². The molecular weight excluding hydrogens is 166 g/mol. The maximum atomic E-state index is 5.55. The summed E-state index contributed by atoms with van der Waals surface area (Å²) in [5.41, 5.74) is 0. The van der Waals surface area contributed by atoms with E-state index in [0.29, 0.717) is 5.88 Å². The quantitative estimate of drug-likeness (QED) is 0.707.